The van der Waals surface area contributed by atoms with Crippen molar-refractivity contribution in [3.8, 4) is 17.2 Å². The number of alkyl halides is 3. The van der Waals surface area contributed by atoms with Crippen molar-refractivity contribution in [2.75, 3.05) is 4.72 Å². The van der Waals surface area contributed by atoms with Crippen LogP contribution in [0.15, 0.2) is 33.6 Å². The first-order chi connectivity index (χ1) is 13.0. The zero-order valence-electron chi connectivity index (χ0n) is 14.9. The smallest absolute Gasteiger partial charge is 0.421 e. The average Bonchev–Trinajstić information content (AvgIpc) is 3.10. The fraction of sp³-hybridized carbons (Fsp3) is 0.250. The second-order valence-corrected chi connectivity index (χ2v) is 7.50. The van der Waals surface area contributed by atoms with Gasteiger partial charge in [0.25, 0.3) is 15.9 Å². The van der Waals surface area contributed by atoms with Crippen LogP contribution in [0, 0.1) is 20.8 Å². The quantitative estimate of drug-likeness (QED) is 0.656. The van der Waals surface area contributed by atoms with Crippen LogP contribution in [-0.2, 0) is 10.0 Å². The van der Waals surface area contributed by atoms with Gasteiger partial charge in [0.15, 0.2) is 0 Å². The van der Waals surface area contributed by atoms with Crippen molar-refractivity contribution < 1.29 is 30.7 Å². The molecule has 0 saturated carbocycles. The number of anilines is 1. The van der Waals surface area contributed by atoms with Crippen molar-refractivity contribution in [2.45, 2.75) is 32.0 Å². The molecule has 0 aliphatic rings. The minimum atomic E-state index is -4.84. The van der Waals surface area contributed by atoms with E-state index in [0.717, 1.165) is 24.3 Å². The molecule has 0 unspecified atom stereocenters. The number of nitrogens with zero attached hydrogens (tertiary/aromatic N) is 2. The molecule has 0 saturated heterocycles. The molecule has 0 spiro atoms. The van der Waals surface area contributed by atoms with E-state index in [1.54, 1.807) is 20.8 Å². The largest absolute Gasteiger partial charge is 0.573 e. The summed E-state index contributed by atoms with van der Waals surface area (Å²) in [4.78, 5) is 2.83. The normalized spacial score (nSPS) is 12.2. The summed E-state index contributed by atoms with van der Waals surface area (Å²) >= 11 is 0. The van der Waals surface area contributed by atoms with Gasteiger partial charge in [-0.05, 0) is 38.1 Å². The molecule has 0 aliphatic heterocycles. The molecule has 0 aliphatic carbocycles. The average molecular weight is 416 g/mol. The Balaban J connectivity index is 1.94. The van der Waals surface area contributed by atoms with Crippen LogP contribution in [0.2, 0.25) is 0 Å². The summed E-state index contributed by atoms with van der Waals surface area (Å²) in [5.41, 5.74) is 1.13. The van der Waals surface area contributed by atoms with Crippen molar-refractivity contribution >= 4 is 15.7 Å². The maximum Gasteiger partial charge on any atom is 0.573 e. The van der Waals surface area contributed by atoms with Gasteiger partial charge in [0.2, 0.25) is 5.89 Å². The number of hydrogen-bond acceptors (Lipinski definition) is 6. The summed E-state index contributed by atoms with van der Waals surface area (Å²) in [5.74, 6) is -0.162. The first kappa shape index (κ1) is 19.7. The number of hydrogen-bond donors (Lipinski definition) is 2. The molecule has 12 heteroatoms. The van der Waals surface area contributed by atoms with E-state index in [1.807, 2.05) is 0 Å². The Bertz CT molecular complexity index is 1100. The molecule has 28 heavy (non-hydrogen) atoms. The van der Waals surface area contributed by atoms with E-state index in [1.165, 1.54) is 0 Å². The van der Waals surface area contributed by atoms with E-state index in [-0.39, 0.29) is 27.9 Å². The first-order valence-corrected chi connectivity index (χ1v) is 9.33. The van der Waals surface area contributed by atoms with Gasteiger partial charge >= 0.3 is 6.36 Å². The summed E-state index contributed by atoms with van der Waals surface area (Å²) in [6, 6.07) is 4.32. The second-order valence-electron chi connectivity index (χ2n) is 5.88. The summed E-state index contributed by atoms with van der Waals surface area (Å²) in [6.07, 6.45) is -4.84. The van der Waals surface area contributed by atoms with E-state index >= 15 is 0 Å². The lowest BCUT2D eigenvalue weighted by atomic mass is 10.2. The molecule has 0 amide bonds. The molecule has 2 aromatic heterocycles. The molecule has 150 valence electrons. The lowest BCUT2D eigenvalue weighted by Crippen LogP contribution is -2.17. The van der Waals surface area contributed by atoms with E-state index < -0.39 is 22.1 Å². The number of ether oxygens (including phenoxy) is 1. The van der Waals surface area contributed by atoms with Crippen molar-refractivity contribution in [1.29, 1.82) is 0 Å². The zero-order valence-corrected chi connectivity index (χ0v) is 15.7. The fourth-order valence-electron chi connectivity index (χ4n) is 2.68. The Kier molecular flexibility index (Phi) is 4.83. The Morgan fingerprint density at radius 3 is 2.25 bits per heavy atom. The Morgan fingerprint density at radius 1 is 1.07 bits per heavy atom. The SMILES string of the molecule is Cc1nnc(-c2c(C)[nH]c(C)c2S(=O)(=O)Nc2ccc(OC(F)(F)F)cc2)o1. The minimum absolute atomic E-state index is 0.0358. The molecular weight excluding hydrogens is 401 g/mol. The van der Waals surface area contributed by atoms with Gasteiger partial charge < -0.3 is 14.1 Å². The summed E-state index contributed by atoms with van der Waals surface area (Å²) in [7, 11) is -4.11. The molecule has 3 rings (SSSR count). The Morgan fingerprint density at radius 2 is 1.71 bits per heavy atom. The van der Waals surface area contributed by atoms with Gasteiger partial charge in [0, 0.05) is 24.0 Å². The third kappa shape index (κ3) is 4.11. The molecule has 0 atom stereocenters. The van der Waals surface area contributed by atoms with Gasteiger partial charge in [-0.3, -0.25) is 4.72 Å². The molecule has 0 radical (unpaired) electrons. The number of aromatic amines is 1. The monoisotopic (exact) mass is 416 g/mol. The third-order valence-electron chi connectivity index (χ3n) is 3.67. The van der Waals surface area contributed by atoms with Crippen LogP contribution in [0.5, 0.6) is 5.75 Å². The van der Waals surface area contributed by atoms with Crippen molar-refractivity contribution in [1.82, 2.24) is 15.2 Å². The van der Waals surface area contributed by atoms with Crippen LogP contribution < -0.4 is 9.46 Å². The highest BCUT2D eigenvalue weighted by atomic mass is 32.2. The van der Waals surface area contributed by atoms with Crippen LogP contribution in [0.25, 0.3) is 11.5 Å². The zero-order chi connectivity index (χ0) is 20.7. The van der Waals surface area contributed by atoms with Gasteiger partial charge in [-0.25, -0.2) is 8.42 Å². The predicted octanol–water partition coefficient (Wildman–Crippen LogP) is 3.69. The van der Waals surface area contributed by atoms with Crippen LogP contribution in [0.4, 0.5) is 18.9 Å². The summed E-state index contributed by atoms with van der Waals surface area (Å²) in [6.45, 7) is 4.79. The first-order valence-electron chi connectivity index (χ1n) is 7.84. The number of aryl methyl sites for hydroxylation is 3. The van der Waals surface area contributed by atoms with Crippen LogP contribution >= 0.6 is 0 Å². The van der Waals surface area contributed by atoms with Gasteiger partial charge in [0.1, 0.15) is 10.6 Å². The van der Waals surface area contributed by atoms with Crippen LogP contribution in [-0.4, -0.2) is 30.0 Å². The Labute approximate surface area is 157 Å². The van der Waals surface area contributed by atoms with Crippen LogP contribution in [0.1, 0.15) is 17.3 Å². The summed E-state index contributed by atoms with van der Waals surface area (Å²) < 4.78 is 74.0. The summed E-state index contributed by atoms with van der Waals surface area (Å²) in [5, 5.41) is 7.57. The molecule has 2 N–H and O–H groups in total. The molecule has 1 aromatic carbocycles. The number of benzene rings is 1. The van der Waals surface area contributed by atoms with Gasteiger partial charge in [0.05, 0.1) is 5.56 Å². The molecule has 8 nitrogen and oxygen atoms in total. The molecule has 2 heterocycles. The number of H-pyrrole nitrogens is 1. The van der Waals surface area contributed by atoms with E-state index in [9.17, 15) is 21.6 Å². The predicted molar refractivity (Wildman–Crippen MR) is 92.2 cm³/mol. The number of rotatable bonds is 5. The second kappa shape index (κ2) is 6.86. The van der Waals surface area contributed by atoms with E-state index in [4.69, 9.17) is 4.42 Å². The third-order valence-corrected chi connectivity index (χ3v) is 5.22. The van der Waals surface area contributed by atoms with Gasteiger partial charge in [-0.15, -0.1) is 23.4 Å². The van der Waals surface area contributed by atoms with Crippen molar-refractivity contribution in [3.05, 3.63) is 41.5 Å². The van der Waals surface area contributed by atoms with Gasteiger partial charge in [-0.1, -0.05) is 0 Å². The Hall–Kier alpha value is -3.02. The lowest BCUT2D eigenvalue weighted by molar-refractivity contribution is -0.274. The number of sulfonamides is 1. The molecule has 0 bridgehead atoms. The number of halogens is 3. The van der Waals surface area contributed by atoms with E-state index in [0.29, 0.717) is 11.4 Å². The fourth-order valence-corrected chi connectivity index (χ4v) is 4.19. The van der Waals surface area contributed by atoms with Gasteiger partial charge in [-0.2, -0.15) is 0 Å². The van der Waals surface area contributed by atoms with Crippen molar-refractivity contribution in [3.63, 3.8) is 0 Å². The molecule has 0 fully saturated rings. The topological polar surface area (TPSA) is 110 Å². The van der Waals surface area contributed by atoms with E-state index in [2.05, 4.69) is 24.6 Å². The standard InChI is InChI=1S/C16H15F3N4O4S/c1-8-13(15-22-21-10(3)26-15)14(9(2)20-8)28(24,25)23-11-4-6-12(7-5-11)27-16(17,18)19/h4-7,20,23H,1-3H3. The highest BCUT2D eigenvalue weighted by Gasteiger charge is 2.31. The minimum Gasteiger partial charge on any atom is -0.421 e. The maximum atomic E-state index is 12.9. The highest BCUT2D eigenvalue weighted by molar-refractivity contribution is 7.93. The lowest BCUT2D eigenvalue weighted by Gasteiger charge is -2.11. The molecular formula is C16H15F3N4O4S. The maximum absolute atomic E-state index is 12.9. The molecule has 3 aromatic rings. The van der Waals surface area contributed by atoms with Crippen LogP contribution in [0.3, 0.4) is 0 Å². The number of aromatic nitrogens is 3. The van der Waals surface area contributed by atoms with Crippen molar-refractivity contribution in [2.24, 2.45) is 0 Å². The highest BCUT2D eigenvalue weighted by Crippen LogP contribution is 2.34. The number of nitrogens with one attached hydrogen (secondary N) is 2.